The number of unbranched alkanes of at least 4 members (excludes halogenated alkanes) is 15. The SMILES string of the molecule is CCCCCCCCCCCC/C=C/C(O)C(COP(=O)(O)OCC[N+](C)(C)C)NC(=O)CCCCCCCC. The van der Waals surface area contributed by atoms with Gasteiger partial charge in [0.15, 0.2) is 0 Å². The van der Waals surface area contributed by atoms with Gasteiger partial charge in [-0.3, -0.25) is 13.8 Å². The molecule has 3 atom stereocenters. The molecule has 40 heavy (non-hydrogen) atoms. The highest BCUT2D eigenvalue weighted by Gasteiger charge is 2.27. The Labute approximate surface area is 246 Å². The second-order valence-electron chi connectivity index (χ2n) is 12.2. The van der Waals surface area contributed by atoms with Crippen LogP contribution in [0.25, 0.3) is 0 Å². The Morgan fingerprint density at radius 2 is 1.32 bits per heavy atom. The van der Waals surface area contributed by atoms with Crippen molar-refractivity contribution in [1.29, 1.82) is 0 Å². The van der Waals surface area contributed by atoms with Crippen LogP contribution < -0.4 is 5.32 Å². The molecule has 3 unspecified atom stereocenters. The third kappa shape index (κ3) is 26.2. The van der Waals surface area contributed by atoms with Crippen LogP contribution in [0.4, 0.5) is 0 Å². The summed E-state index contributed by atoms with van der Waals surface area (Å²) in [5, 5.41) is 13.6. The fraction of sp³-hybridized carbons (Fsp3) is 0.903. The van der Waals surface area contributed by atoms with Crippen LogP contribution in [0.5, 0.6) is 0 Å². The van der Waals surface area contributed by atoms with Crippen molar-refractivity contribution in [3.8, 4) is 0 Å². The number of phosphoric acid groups is 1. The topological polar surface area (TPSA) is 105 Å². The molecule has 3 N–H and O–H groups in total. The van der Waals surface area contributed by atoms with Gasteiger partial charge in [-0.05, 0) is 19.3 Å². The van der Waals surface area contributed by atoms with Crippen molar-refractivity contribution in [3.63, 3.8) is 0 Å². The molecule has 0 rings (SSSR count). The van der Waals surface area contributed by atoms with Gasteiger partial charge in [-0.15, -0.1) is 0 Å². The molecule has 0 aliphatic heterocycles. The summed E-state index contributed by atoms with van der Waals surface area (Å²) in [6.07, 6.45) is 22.9. The highest BCUT2D eigenvalue weighted by Crippen LogP contribution is 2.43. The normalized spacial score (nSPS) is 15.3. The first-order chi connectivity index (χ1) is 19.0. The fourth-order valence-corrected chi connectivity index (χ4v) is 5.07. The van der Waals surface area contributed by atoms with E-state index in [-0.39, 0.29) is 19.1 Å². The second-order valence-corrected chi connectivity index (χ2v) is 13.6. The molecule has 0 aliphatic carbocycles. The van der Waals surface area contributed by atoms with Crippen LogP contribution in [0.15, 0.2) is 12.2 Å². The Bertz CT molecular complexity index is 683. The van der Waals surface area contributed by atoms with Gasteiger partial charge in [0.25, 0.3) is 0 Å². The lowest BCUT2D eigenvalue weighted by molar-refractivity contribution is -0.870. The number of hydrogen-bond donors (Lipinski definition) is 3. The monoisotopic (exact) mass is 591 g/mol. The quantitative estimate of drug-likeness (QED) is 0.0382. The predicted molar refractivity (Wildman–Crippen MR) is 166 cm³/mol. The van der Waals surface area contributed by atoms with E-state index in [1.807, 2.05) is 27.2 Å². The van der Waals surface area contributed by atoms with Gasteiger partial charge in [0, 0.05) is 6.42 Å². The summed E-state index contributed by atoms with van der Waals surface area (Å²) in [5.41, 5.74) is 0. The molecule has 0 aromatic heterocycles. The number of aliphatic hydroxyl groups excluding tert-OH is 1. The van der Waals surface area contributed by atoms with Gasteiger partial charge in [-0.2, -0.15) is 0 Å². The Balaban J connectivity index is 4.62. The van der Waals surface area contributed by atoms with Crippen molar-refractivity contribution < 1.29 is 32.9 Å². The zero-order valence-electron chi connectivity index (χ0n) is 26.6. The summed E-state index contributed by atoms with van der Waals surface area (Å²) in [6.45, 7) is 4.70. The van der Waals surface area contributed by atoms with Crippen molar-refractivity contribution >= 4 is 13.7 Å². The van der Waals surface area contributed by atoms with Crippen LogP contribution in [0.2, 0.25) is 0 Å². The smallest absolute Gasteiger partial charge is 0.387 e. The number of carbonyl (C=O) groups is 1. The minimum Gasteiger partial charge on any atom is -0.387 e. The van der Waals surface area contributed by atoms with Gasteiger partial charge >= 0.3 is 7.82 Å². The van der Waals surface area contributed by atoms with Crippen molar-refractivity contribution in [3.05, 3.63) is 12.2 Å². The van der Waals surface area contributed by atoms with Gasteiger partial charge in [-0.1, -0.05) is 116 Å². The Hall–Kier alpha value is -0.760. The van der Waals surface area contributed by atoms with Crippen molar-refractivity contribution in [1.82, 2.24) is 5.32 Å². The van der Waals surface area contributed by atoms with E-state index in [1.165, 1.54) is 70.6 Å². The fourth-order valence-electron chi connectivity index (χ4n) is 4.33. The van der Waals surface area contributed by atoms with E-state index >= 15 is 0 Å². The number of rotatable bonds is 28. The summed E-state index contributed by atoms with van der Waals surface area (Å²) in [7, 11) is 1.57. The first-order valence-corrected chi connectivity index (χ1v) is 17.6. The first-order valence-electron chi connectivity index (χ1n) is 16.1. The number of aliphatic hydroxyl groups is 1. The average Bonchev–Trinajstić information content (AvgIpc) is 2.88. The van der Waals surface area contributed by atoms with Crippen LogP contribution in [-0.2, 0) is 18.4 Å². The number of nitrogens with zero attached hydrogens (tertiary/aromatic N) is 1. The first kappa shape index (κ1) is 39.2. The number of amides is 1. The third-order valence-electron chi connectivity index (χ3n) is 7.01. The van der Waals surface area contributed by atoms with Crippen LogP contribution in [-0.4, -0.2) is 73.4 Å². The zero-order chi connectivity index (χ0) is 30.1. The van der Waals surface area contributed by atoms with E-state index in [2.05, 4.69) is 19.2 Å². The number of nitrogens with one attached hydrogen (secondary N) is 1. The van der Waals surface area contributed by atoms with Crippen LogP contribution in [0, 0.1) is 0 Å². The largest absolute Gasteiger partial charge is 0.472 e. The van der Waals surface area contributed by atoms with E-state index in [1.54, 1.807) is 6.08 Å². The molecular formula is C31H64N2O6P+. The lowest BCUT2D eigenvalue weighted by atomic mass is 10.1. The predicted octanol–water partition coefficient (Wildman–Crippen LogP) is 7.29. The minimum atomic E-state index is -4.31. The summed E-state index contributed by atoms with van der Waals surface area (Å²) in [4.78, 5) is 22.7. The maximum atomic E-state index is 12.6. The lowest BCUT2D eigenvalue weighted by Crippen LogP contribution is -2.45. The molecule has 0 spiro atoms. The molecule has 0 radical (unpaired) electrons. The number of hydrogen-bond acceptors (Lipinski definition) is 5. The zero-order valence-corrected chi connectivity index (χ0v) is 27.5. The van der Waals surface area contributed by atoms with Gasteiger partial charge in [0.05, 0.1) is 39.9 Å². The molecule has 0 bridgehead atoms. The highest BCUT2D eigenvalue weighted by atomic mass is 31.2. The standard InChI is InChI=1S/C31H63N2O6P/c1-6-8-10-12-14-15-16-17-18-19-20-22-24-30(34)29(32-31(35)25-23-21-13-11-9-7-2)28-39-40(36,37)38-27-26-33(3,4)5/h22,24,29-30,34H,6-21,23,25-28H2,1-5H3,(H-,32,35,36,37)/p+1/b24-22+. The molecule has 238 valence electrons. The van der Waals surface area contributed by atoms with E-state index in [9.17, 15) is 19.4 Å². The molecule has 0 saturated heterocycles. The average molecular weight is 592 g/mol. The highest BCUT2D eigenvalue weighted by molar-refractivity contribution is 7.47. The number of phosphoric ester groups is 1. The molecule has 8 nitrogen and oxygen atoms in total. The van der Waals surface area contributed by atoms with Gasteiger partial charge < -0.3 is 19.8 Å². The Morgan fingerprint density at radius 1 is 0.825 bits per heavy atom. The molecule has 0 aromatic rings. The second kappa shape index (κ2) is 24.8. The number of quaternary nitrogens is 1. The molecule has 0 saturated carbocycles. The summed E-state index contributed by atoms with van der Waals surface area (Å²) >= 11 is 0. The Kier molecular flexibility index (Phi) is 24.3. The summed E-state index contributed by atoms with van der Waals surface area (Å²) < 4.78 is 23.2. The molecular weight excluding hydrogens is 527 g/mol. The maximum absolute atomic E-state index is 12.6. The molecule has 9 heteroatoms. The molecule has 1 amide bonds. The maximum Gasteiger partial charge on any atom is 0.472 e. The van der Waals surface area contributed by atoms with Crippen molar-refractivity contribution in [2.24, 2.45) is 0 Å². The van der Waals surface area contributed by atoms with Crippen LogP contribution in [0.3, 0.4) is 0 Å². The lowest BCUT2D eigenvalue weighted by Gasteiger charge is -2.25. The van der Waals surface area contributed by atoms with Gasteiger partial charge in [-0.25, -0.2) is 4.57 Å². The minimum absolute atomic E-state index is 0.0631. The van der Waals surface area contributed by atoms with E-state index in [4.69, 9.17) is 9.05 Å². The van der Waals surface area contributed by atoms with E-state index in [0.717, 1.165) is 38.5 Å². The number of allylic oxidation sites excluding steroid dienone is 1. The van der Waals surface area contributed by atoms with Crippen LogP contribution >= 0.6 is 7.82 Å². The third-order valence-corrected chi connectivity index (χ3v) is 7.99. The van der Waals surface area contributed by atoms with Gasteiger partial charge in [0.2, 0.25) is 5.91 Å². The molecule has 0 aromatic carbocycles. The Morgan fingerprint density at radius 3 is 1.85 bits per heavy atom. The molecule has 0 heterocycles. The summed E-state index contributed by atoms with van der Waals surface area (Å²) in [5.74, 6) is -0.190. The van der Waals surface area contributed by atoms with Crippen molar-refractivity contribution in [2.75, 3.05) is 40.9 Å². The van der Waals surface area contributed by atoms with E-state index in [0.29, 0.717) is 17.4 Å². The number of likely N-dealkylation sites (N-methyl/N-ethyl adjacent to an activating group) is 1. The molecule has 0 aliphatic rings. The number of carbonyl (C=O) groups excluding carboxylic acids is 1. The molecule has 0 fully saturated rings. The van der Waals surface area contributed by atoms with E-state index < -0.39 is 20.0 Å². The van der Waals surface area contributed by atoms with Crippen LogP contribution in [0.1, 0.15) is 129 Å². The van der Waals surface area contributed by atoms with Crippen molar-refractivity contribution in [2.45, 2.75) is 142 Å². The summed E-state index contributed by atoms with van der Waals surface area (Å²) in [6, 6.07) is -0.834. The van der Waals surface area contributed by atoms with Gasteiger partial charge in [0.1, 0.15) is 13.2 Å².